The van der Waals surface area contributed by atoms with Gasteiger partial charge in [-0.05, 0) is 75.5 Å². The van der Waals surface area contributed by atoms with Gasteiger partial charge < -0.3 is 14.0 Å². The Kier molecular flexibility index (Phi) is 5.77. The predicted molar refractivity (Wildman–Crippen MR) is 147 cm³/mol. The van der Waals surface area contributed by atoms with Crippen molar-refractivity contribution in [1.82, 2.24) is 9.55 Å². The number of aromatic nitrogens is 2. The van der Waals surface area contributed by atoms with Gasteiger partial charge in [0.05, 0.1) is 37.9 Å². The van der Waals surface area contributed by atoms with Crippen molar-refractivity contribution in [2.45, 2.75) is 65.4 Å². The average molecular weight is 539 g/mol. The molecule has 0 aliphatic carbocycles. The topological polar surface area (TPSA) is 45.5 Å². The van der Waals surface area contributed by atoms with Gasteiger partial charge in [-0.1, -0.05) is 25.4 Å². The lowest BCUT2D eigenvalue weighted by Gasteiger charge is -2.32. The quantitative estimate of drug-likeness (QED) is 0.263. The van der Waals surface area contributed by atoms with Crippen molar-refractivity contribution in [3.8, 4) is 17.0 Å². The van der Waals surface area contributed by atoms with E-state index in [1.165, 1.54) is 6.07 Å². The maximum Gasteiger partial charge on any atom is 0.495 e. The predicted octanol–water partition coefficient (Wildman–Crippen LogP) is 6.99. The van der Waals surface area contributed by atoms with Crippen molar-refractivity contribution in [2.24, 2.45) is 5.92 Å². The normalized spacial score (nSPS) is 19.8. The summed E-state index contributed by atoms with van der Waals surface area (Å²) in [5.41, 5.74) is 1.59. The number of fused-ring (bicyclic) bond motifs is 5. The van der Waals surface area contributed by atoms with Gasteiger partial charge in [0.1, 0.15) is 11.6 Å². The Morgan fingerprint density at radius 1 is 1.11 bits per heavy atom. The fourth-order valence-corrected chi connectivity index (χ4v) is 6.29. The zero-order valence-electron chi connectivity index (χ0n) is 21.8. The summed E-state index contributed by atoms with van der Waals surface area (Å²) >= 11 is 7.94. The number of ether oxygens (including phenoxy) is 1. The Labute approximate surface area is 225 Å². The van der Waals surface area contributed by atoms with Gasteiger partial charge in [-0.3, -0.25) is 4.57 Å². The molecule has 0 saturated carbocycles. The summed E-state index contributed by atoms with van der Waals surface area (Å²) in [5, 5.41) is 2.60. The molecule has 1 atom stereocenters. The second kappa shape index (κ2) is 8.56. The smallest absolute Gasteiger partial charge is 0.464 e. The largest absolute Gasteiger partial charge is 0.495 e. The van der Waals surface area contributed by atoms with Crippen LogP contribution in [0.1, 0.15) is 57.7 Å². The molecule has 0 bridgehead atoms. The maximum atomic E-state index is 15.9. The molecule has 0 amide bonds. The molecule has 1 unspecified atom stereocenters. The Morgan fingerprint density at radius 2 is 1.84 bits per heavy atom. The molecule has 5 nitrogen and oxygen atoms in total. The number of benzene rings is 2. The van der Waals surface area contributed by atoms with Gasteiger partial charge in [-0.25, -0.2) is 9.37 Å². The van der Waals surface area contributed by atoms with Crippen LogP contribution in [0.4, 0.5) is 4.39 Å². The molecule has 2 aliphatic rings. The first-order valence-corrected chi connectivity index (χ1v) is 13.7. The summed E-state index contributed by atoms with van der Waals surface area (Å²) in [4.78, 5) is 5.61. The number of hydrogen-bond acceptors (Lipinski definition) is 5. The van der Waals surface area contributed by atoms with Gasteiger partial charge in [0.25, 0.3) is 0 Å². The number of nitrogens with zero attached hydrogens (tertiary/aromatic N) is 2. The minimum absolute atomic E-state index is 0.388. The van der Waals surface area contributed by atoms with Gasteiger partial charge >= 0.3 is 7.12 Å². The van der Waals surface area contributed by atoms with Crippen molar-refractivity contribution >= 4 is 46.4 Å². The standard InChI is InChI=1S/C28H29BClFN2O3S/c1-15(2)9-24-32-14-23(37-24)26-33-20-8-7-18(30)10-16(20)11-21(33)25-19(31)12-17(13-22(25)34-26)29-35-27(3,4)28(5,6)36-29/h7-8,10-15,26H,9H2,1-6H3. The SMILES string of the molecule is CC(C)Cc1ncc(C2Oc3cc(B4OC(C)(C)C(C)(C)O4)cc(F)c3-c3cc4cc(Cl)ccc4n32)s1. The van der Waals surface area contributed by atoms with Crippen molar-refractivity contribution in [3.63, 3.8) is 0 Å². The molecule has 6 rings (SSSR count). The zero-order chi connectivity index (χ0) is 26.3. The summed E-state index contributed by atoms with van der Waals surface area (Å²) in [7, 11) is -0.695. The highest BCUT2D eigenvalue weighted by Gasteiger charge is 2.52. The van der Waals surface area contributed by atoms with Gasteiger partial charge in [0.15, 0.2) is 0 Å². The minimum atomic E-state index is -0.695. The molecule has 2 aromatic carbocycles. The van der Waals surface area contributed by atoms with Crippen LogP contribution < -0.4 is 10.2 Å². The maximum absolute atomic E-state index is 15.9. The summed E-state index contributed by atoms with van der Waals surface area (Å²) in [6.07, 6.45) is 2.27. The molecule has 0 N–H and O–H groups in total. The van der Waals surface area contributed by atoms with Crippen molar-refractivity contribution < 1.29 is 18.4 Å². The van der Waals surface area contributed by atoms with Gasteiger partial charge in [-0.2, -0.15) is 0 Å². The fraction of sp³-hybridized carbons (Fsp3) is 0.393. The van der Waals surface area contributed by atoms with E-state index in [0.29, 0.717) is 27.7 Å². The van der Waals surface area contributed by atoms with E-state index in [0.717, 1.165) is 32.9 Å². The van der Waals surface area contributed by atoms with Crippen LogP contribution in [0, 0.1) is 11.7 Å². The summed E-state index contributed by atoms with van der Waals surface area (Å²) in [6.45, 7) is 12.3. The van der Waals surface area contributed by atoms with E-state index in [4.69, 9.17) is 25.6 Å². The highest BCUT2D eigenvalue weighted by molar-refractivity contribution is 7.11. The molecule has 0 radical (unpaired) electrons. The van der Waals surface area contributed by atoms with Crippen molar-refractivity contribution in [2.75, 3.05) is 0 Å². The molecular formula is C28H29BClFN2O3S. The first kappa shape index (κ1) is 24.9. The Hall–Kier alpha value is -2.39. The fourth-order valence-electron chi connectivity index (χ4n) is 4.95. The molecule has 1 fully saturated rings. The van der Waals surface area contributed by atoms with Crippen LogP contribution in [0.5, 0.6) is 5.75 Å². The Bertz CT molecular complexity index is 1510. The molecule has 37 heavy (non-hydrogen) atoms. The van der Waals surface area contributed by atoms with Crippen LogP contribution >= 0.6 is 22.9 Å². The van der Waals surface area contributed by atoms with Crippen LogP contribution in [0.15, 0.2) is 42.6 Å². The number of rotatable bonds is 4. The van der Waals surface area contributed by atoms with Crippen LogP contribution in [-0.2, 0) is 15.7 Å². The third-order valence-electron chi connectivity index (χ3n) is 7.53. The highest BCUT2D eigenvalue weighted by Crippen LogP contribution is 2.46. The van der Waals surface area contributed by atoms with Crippen molar-refractivity contribution in [3.05, 3.63) is 63.3 Å². The van der Waals surface area contributed by atoms with Crippen LogP contribution in [0.2, 0.25) is 5.02 Å². The molecular weight excluding hydrogens is 510 g/mol. The van der Waals surface area contributed by atoms with Crippen molar-refractivity contribution in [1.29, 1.82) is 0 Å². The second-order valence-corrected chi connectivity index (χ2v) is 12.9. The first-order chi connectivity index (χ1) is 17.4. The monoisotopic (exact) mass is 538 g/mol. The van der Waals surface area contributed by atoms with E-state index in [1.807, 2.05) is 68.8 Å². The summed E-state index contributed by atoms with van der Waals surface area (Å²) < 4.78 is 36.9. The summed E-state index contributed by atoms with van der Waals surface area (Å²) in [6, 6.07) is 11.0. The summed E-state index contributed by atoms with van der Waals surface area (Å²) in [5.74, 6) is 0.559. The van der Waals surface area contributed by atoms with E-state index in [1.54, 1.807) is 11.3 Å². The minimum Gasteiger partial charge on any atom is -0.464 e. The number of halogens is 2. The molecule has 1 saturated heterocycles. The van der Waals surface area contributed by atoms with E-state index in [-0.39, 0.29) is 5.82 Å². The Morgan fingerprint density at radius 3 is 2.54 bits per heavy atom. The second-order valence-electron chi connectivity index (χ2n) is 11.3. The van der Waals surface area contributed by atoms with Gasteiger partial charge in [-0.15, -0.1) is 11.3 Å². The first-order valence-electron chi connectivity index (χ1n) is 12.5. The third-order valence-corrected chi connectivity index (χ3v) is 8.82. The van der Waals surface area contributed by atoms with Gasteiger partial charge in [0.2, 0.25) is 6.23 Å². The van der Waals surface area contributed by atoms with E-state index < -0.39 is 24.5 Å². The molecule has 4 heterocycles. The number of hydrogen-bond donors (Lipinski definition) is 0. The molecule has 192 valence electrons. The molecule has 2 aromatic heterocycles. The third kappa shape index (κ3) is 4.09. The van der Waals surface area contributed by atoms with Crippen LogP contribution in [0.3, 0.4) is 0 Å². The zero-order valence-corrected chi connectivity index (χ0v) is 23.3. The molecule has 9 heteroatoms. The lowest BCUT2D eigenvalue weighted by Crippen LogP contribution is -2.41. The van der Waals surface area contributed by atoms with Crippen LogP contribution in [0.25, 0.3) is 22.2 Å². The van der Waals surface area contributed by atoms with Crippen LogP contribution in [-0.4, -0.2) is 27.9 Å². The lowest BCUT2D eigenvalue weighted by atomic mass is 9.78. The molecule has 2 aliphatic heterocycles. The van der Waals surface area contributed by atoms with Gasteiger partial charge in [0, 0.05) is 23.0 Å². The van der Waals surface area contributed by atoms with E-state index in [2.05, 4.69) is 18.8 Å². The Balaban J connectivity index is 1.50. The number of thiazole rings is 1. The molecule has 0 spiro atoms. The lowest BCUT2D eigenvalue weighted by molar-refractivity contribution is 0.00578. The average Bonchev–Trinajstić information content (AvgIpc) is 3.46. The molecule has 4 aromatic rings. The van der Waals surface area contributed by atoms with E-state index >= 15 is 4.39 Å². The van der Waals surface area contributed by atoms with E-state index in [9.17, 15) is 0 Å². The highest BCUT2D eigenvalue weighted by atomic mass is 35.5.